The van der Waals surface area contributed by atoms with Crippen molar-refractivity contribution >= 4 is 39.0 Å². The average Bonchev–Trinajstić information content (AvgIpc) is 2.60. The molecular weight excluding hydrogens is 258 g/mol. The standard InChI is InChI=1S/C11H14ClN3OS/c1-11(2,16)6-15(3)8-7-4-5-17-9(7)14-10(12)13-8/h4-5,16H,6H2,1-3H3. The summed E-state index contributed by atoms with van der Waals surface area (Å²) >= 11 is 7.42. The van der Waals surface area contributed by atoms with Gasteiger partial charge in [-0.25, -0.2) is 4.98 Å². The third kappa shape index (κ3) is 2.86. The predicted octanol–water partition coefficient (Wildman–Crippen LogP) is 2.55. The van der Waals surface area contributed by atoms with E-state index in [0.717, 1.165) is 16.0 Å². The molecule has 4 nitrogen and oxygen atoms in total. The Morgan fingerprint density at radius 3 is 2.82 bits per heavy atom. The average molecular weight is 272 g/mol. The third-order valence-corrected chi connectivity index (χ3v) is 3.24. The maximum absolute atomic E-state index is 9.83. The van der Waals surface area contributed by atoms with E-state index in [0.29, 0.717) is 6.54 Å². The first-order valence-corrected chi connectivity index (χ1v) is 6.47. The van der Waals surface area contributed by atoms with Gasteiger partial charge in [-0.2, -0.15) is 4.98 Å². The number of anilines is 1. The van der Waals surface area contributed by atoms with Crippen LogP contribution < -0.4 is 4.90 Å². The quantitative estimate of drug-likeness (QED) is 0.872. The van der Waals surface area contributed by atoms with Crippen LogP contribution in [-0.2, 0) is 0 Å². The Kier molecular flexibility index (Phi) is 3.25. The fraction of sp³-hybridized carbons (Fsp3) is 0.455. The van der Waals surface area contributed by atoms with Crippen LogP contribution in [0.2, 0.25) is 5.28 Å². The highest BCUT2D eigenvalue weighted by Crippen LogP contribution is 2.28. The molecule has 0 aliphatic carbocycles. The molecule has 0 aliphatic heterocycles. The molecule has 0 bridgehead atoms. The molecule has 1 N–H and O–H groups in total. The number of nitrogens with zero attached hydrogens (tertiary/aromatic N) is 3. The van der Waals surface area contributed by atoms with Crippen LogP contribution in [0.3, 0.4) is 0 Å². The van der Waals surface area contributed by atoms with Crippen LogP contribution in [0.1, 0.15) is 13.8 Å². The van der Waals surface area contributed by atoms with Gasteiger partial charge in [0.1, 0.15) is 10.6 Å². The smallest absolute Gasteiger partial charge is 0.225 e. The molecule has 0 spiro atoms. The van der Waals surface area contributed by atoms with Gasteiger partial charge in [0.2, 0.25) is 5.28 Å². The van der Waals surface area contributed by atoms with Gasteiger partial charge in [-0.15, -0.1) is 11.3 Å². The minimum Gasteiger partial charge on any atom is -0.389 e. The second-order valence-electron chi connectivity index (χ2n) is 4.62. The third-order valence-electron chi connectivity index (χ3n) is 2.26. The van der Waals surface area contributed by atoms with E-state index in [1.54, 1.807) is 13.8 Å². The molecule has 2 rings (SSSR count). The van der Waals surface area contributed by atoms with Crippen LogP contribution in [-0.4, -0.2) is 34.3 Å². The van der Waals surface area contributed by atoms with Crippen molar-refractivity contribution in [1.82, 2.24) is 9.97 Å². The van der Waals surface area contributed by atoms with Crippen LogP contribution in [0.15, 0.2) is 11.4 Å². The van der Waals surface area contributed by atoms with Crippen LogP contribution >= 0.6 is 22.9 Å². The molecule has 0 atom stereocenters. The van der Waals surface area contributed by atoms with Gasteiger partial charge in [0.15, 0.2) is 0 Å². The van der Waals surface area contributed by atoms with Crippen LogP contribution in [0, 0.1) is 0 Å². The molecule has 0 amide bonds. The maximum Gasteiger partial charge on any atom is 0.225 e. The first-order valence-electron chi connectivity index (χ1n) is 5.21. The Balaban J connectivity index is 2.43. The van der Waals surface area contributed by atoms with Crippen molar-refractivity contribution in [3.63, 3.8) is 0 Å². The van der Waals surface area contributed by atoms with Gasteiger partial charge in [0.05, 0.1) is 11.0 Å². The first kappa shape index (κ1) is 12.5. The van der Waals surface area contributed by atoms with Gasteiger partial charge in [-0.05, 0) is 36.9 Å². The highest BCUT2D eigenvalue weighted by Gasteiger charge is 2.19. The molecule has 0 saturated heterocycles. The predicted molar refractivity (Wildman–Crippen MR) is 72.0 cm³/mol. The first-order chi connectivity index (χ1) is 7.87. The molecule has 17 heavy (non-hydrogen) atoms. The van der Waals surface area contributed by atoms with E-state index < -0.39 is 5.60 Å². The Morgan fingerprint density at radius 1 is 1.47 bits per heavy atom. The molecular formula is C11H14ClN3OS. The van der Waals surface area contributed by atoms with Gasteiger partial charge < -0.3 is 10.0 Å². The van der Waals surface area contributed by atoms with Gasteiger partial charge in [-0.1, -0.05) is 0 Å². The molecule has 0 radical (unpaired) electrons. The van der Waals surface area contributed by atoms with Gasteiger partial charge in [0, 0.05) is 13.6 Å². The summed E-state index contributed by atoms with van der Waals surface area (Å²) in [6.45, 7) is 4.00. The van der Waals surface area contributed by atoms with Gasteiger partial charge in [0.25, 0.3) is 0 Å². The number of fused-ring (bicyclic) bond motifs is 1. The molecule has 2 aromatic heterocycles. The minimum absolute atomic E-state index is 0.234. The zero-order chi connectivity index (χ0) is 12.6. The number of hydrogen-bond donors (Lipinski definition) is 1. The number of aliphatic hydroxyl groups is 1. The summed E-state index contributed by atoms with van der Waals surface area (Å²) in [7, 11) is 1.88. The number of thiophene rings is 1. The van der Waals surface area contributed by atoms with Crippen molar-refractivity contribution in [3.8, 4) is 0 Å². The SMILES string of the molecule is CN(CC(C)(C)O)c1nc(Cl)nc2sccc12. The van der Waals surface area contributed by atoms with E-state index in [1.165, 1.54) is 11.3 Å². The highest BCUT2D eigenvalue weighted by atomic mass is 35.5. The molecule has 2 aromatic rings. The van der Waals surface area contributed by atoms with E-state index in [1.807, 2.05) is 23.4 Å². The summed E-state index contributed by atoms with van der Waals surface area (Å²) in [5.74, 6) is 0.753. The molecule has 0 unspecified atom stereocenters. The van der Waals surface area contributed by atoms with E-state index >= 15 is 0 Å². The van der Waals surface area contributed by atoms with Crippen LogP contribution in [0.5, 0.6) is 0 Å². The zero-order valence-electron chi connectivity index (χ0n) is 9.94. The van der Waals surface area contributed by atoms with E-state index in [-0.39, 0.29) is 5.28 Å². The Bertz CT molecular complexity index is 535. The Morgan fingerprint density at radius 2 is 2.18 bits per heavy atom. The van der Waals surface area contributed by atoms with Crippen LogP contribution in [0.4, 0.5) is 5.82 Å². The second kappa shape index (κ2) is 4.40. The summed E-state index contributed by atoms with van der Waals surface area (Å²) in [6, 6.07) is 1.96. The number of aromatic nitrogens is 2. The largest absolute Gasteiger partial charge is 0.389 e. The lowest BCUT2D eigenvalue weighted by Crippen LogP contribution is -2.36. The monoisotopic (exact) mass is 271 g/mol. The highest BCUT2D eigenvalue weighted by molar-refractivity contribution is 7.16. The van der Waals surface area contributed by atoms with Crippen molar-refractivity contribution in [2.45, 2.75) is 19.4 Å². The summed E-state index contributed by atoms with van der Waals surface area (Å²) in [5, 5.41) is 13.0. The van der Waals surface area contributed by atoms with E-state index in [2.05, 4.69) is 9.97 Å². The molecule has 0 saturated carbocycles. The normalized spacial score (nSPS) is 12.1. The zero-order valence-corrected chi connectivity index (χ0v) is 11.5. The molecule has 0 fully saturated rings. The second-order valence-corrected chi connectivity index (χ2v) is 5.86. The van der Waals surface area contributed by atoms with Crippen molar-refractivity contribution in [3.05, 3.63) is 16.7 Å². The lowest BCUT2D eigenvalue weighted by molar-refractivity contribution is 0.0885. The summed E-state index contributed by atoms with van der Waals surface area (Å²) < 4.78 is 0. The van der Waals surface area contributed by atoms with Crippen molar-refractivity contribution in [1.29, 1.82) is 0 Å². The summed E-state index contributed by atoms with van der Waals surface area (Å²) in [6.07, 6.45) is 0. The van der Waals surface area contributed by atoms with Crippen LogP contribution in [0.25, 0.3) is 10.2 Å². The number of hydrogen-bond acceptors (Lipinski definition) is 5. The Hall–Kier alpha value is -0.910. The lowest BCUT2D eigenvalue weighted by atomic mass is 10.1. The van der Waals surface area contributed by atoms with E-state index in [4.69, 9.17) is 11.6 Å². The number of rotatable bonds is 3. The lowest BCUT2D eigenvalue weighted by Gasteiger charge is -2.26. The Labute approximate surface area is 109 Å². The number of halogens is 1. The number of likely N-dealkylation sites (N-methyl/N-ethyl adjacent to an activating group) is 1. The fourth-order valence-electron chi connectivity index (χ4n) is 1.76. The van der Waals surface area contributed by atoms with Crippen molar-refractivity contribution in [2.75, 3.05) is 18.5 Å². The van der Waals surface area contributed by atoms with Gasteiger partial charge >= 0.3 is 0 Å². The molecule has 0 aliphatic rings. The van der Waals surface area contributed by atoms with Crippen molar-refractivity contribution in [2.24, 2.45) is 0 Å². The molecule has 2 heterocycles. The maximum atomic E-state index is 9.83. The van der Waals surface area contributed by atoms with Gasteiger partial charge in [-0.3, -0.25) is 0 Å². The topological polar surface area (TPSA) is 49.2 Å². The summed E-state index contributed by atoms with van der Waals surface area (Å²) in [4.78, 5) is 11.1. The van der Waals surface area contributed by atoms with E-state index in [9.17, 15) is 5.11 Å². The fourth-order valence-corrected chi connectivity index (χ4v) is 2.73. The molecule has 92 valence electrons. The molecule has 6 heteroatoms. The van der Waals surface area contributed by atoms with Crippen molar-refractivity contribution < 1.29 is 5.11 Å². The summed E-state index contributed by atoms with van der Waals surface area (Å²) in [5.41, 5.74) is -0.783. The minimum atomic E-state index is -0.783. The molecule has 0 aromatic carbocycles.